The summed E-state index contributed by atoms with van der Waals surface area (Å²) in [5.41, 5.74) is 7.17. The Bertz CT molecular complexity index is 447. The molecule has 6 nitrogen and oxygen atoms in total. The Morgan fingerprint density at radius 3 is 2.76 bits per heavy atom. The van der Waals surface area contributed by atoms with Gasteiger partial charge < -0.3 is 15.7 Å². The molecule has 0 saturated carbocycles. The minimum Gasteiger partial charge on any atom is -0.409 e. The van der Waals surface area contributed by atoms with Gasteiger partial charge in [-0.15, -0.1) is 0 Å². The van der Waals surface area contributed by atoms with Crippen molar-refractivity contribution in [3.8, 4) is 0 Å². The first-order valence-electron chi connectivity index (χ1n) is 7.32. The Morgan fingerprint density at radius 2 is 2.19 bits per heavy atom. The summed E-state index contributed by atoms with van der Waals surface area (Å²) < 4.78 is 5.20. The van der Waals surface area contributed by atoms with Crippen LogP contribution in [-0.4, -0.2) is 47.2 Å². The highest BCUT2D eigenvalue weighted by atomic mass is 16.5. The second-order valence-electron chi connectivity index (χ2n) is 4.97. The molecule has 1 rings (SSSR count). The molecule has 0 radical (unpaired) electrons. The van der Waals surface area contributed by atoms with Crippen LogP contribution in [-0.2, 0) is 11.3 Å². The number of pyridine rings is 1. The number of rotatable bonds is 9. The number of methoxy groups -OCH3 is 1. The van der Waals surface area contributed by atoms with E-state index in [1.54, 1.807) is 13.3 Å². The zero-order valence-electron chi connectivity index (χ0n) is 13.1. The first-order valence-corrected chi connectivity index (χ1v) is 7.32. The van der Waals surface area contributed by atoms with Crippen molar-refractivity contribution >= 4 is 5.84 Å². The van der Waals surface area contributed by atoms with E-state index in [0.717, 1.165) is 31.5 Å². The molecule has 21 heavy (non-hydrogen) atoms. The Morgan fingerprint density at radius 1 is 1.48 bits per heavy atom. The fourth-order valence-electron chi connectivity index (χ4n) is 2.40. The second kappa shape index (κ2) is 9.31. The quantitative estimate of drug-likeness (QED) is 0.314. The van der Waals surface area contributed by atoms with Crippen LogP contribution in [0.15, 0.2) is 23.5 Å². The summed E-state index contributed by atoms with van der Waals surface area (Å²) in [5, 5.41) is 11.7. The lowest BCUT2D eigenvalue weighted by atomic mass is 10.1. The van der Waals surface area contributed by atoms with Gasteiger partial charge >= 0.3 is 0 Å². The molecular formula is C15H26N4O2. The van der Waals surface area contributed by atoms with Crippen LogP contribution < -0.4 is 5.73 Å². The normalized spacial score (nSPS) is 12.3. The zero-order chi connectivity index (χ0) is 15.7. The van der Waals surface area contributed by atoms with Crippen LogP contribution in [0.4, 0.5) is 0 Å². The van der Waals surface area contributed by atoms with E-state index in [9.17, 15) is 0 Å². The third kappa shape index (κ3) is 5.32. The van der Waals surface area contributed by atoms with Gasteiger partial charge in [0.05, 0.1) is 6.61 Å². The van der Waals surface area contributed by atoms with Gasteiger partial charge in [-0.3, -0.25) is 9.88 Å². The minimum atomic E-state index is 0.0304. The molecule has 1 heterocycles. The standard InChI is InChI=1S/C15H26N4O2/c1-4-13(5-2)19(8-9-21-3)11-12-6-7-17-14(10-12)15(16)18-20/h6-7,10,13,20H,4-5,8-9,11H2,1-3H3,(H2,16,18). The molecule has 0 saturated heterocycles. The Labute approximate surface area is 126 Å². The maximum Gasteiger partial charge on any atom is 0.188 e. The number of nitrogens with zero attached hydrogens (tertiary/aromatic N) is 3. The molecule has 0 aliphatic carbocycles. The zero-order valence-corrected chi connectivity index (χ0v) is 13.1. The highest BCUT2D eigenvalue weighted by molar-refractivity contribution is 5.95. The monoisotopic (exact) mass is 294 g/mol. The van der Waals surface area contributed by atoms with Crippen LogP contribution >= 0.6 is 0 Å². The summed E-state index contributed by atoms with van der Waals surface area (Å²) in [4.78, 5) is 6.50. The third-order valence-electron chi connectivity index (χ3n) is 3.62. The van der Waals surface area contributed by atoms with Gasteiger partial charge in [0.25, 0.3) is 0 Å². The topological polar surface area (TPSA) is 84.0 Å². The number of ether oxygens (including phenoxy) is 1. The molecule has 1 aromatic rings. The molecule has 0 atom stereocenters. The van der Waals surface area contributed by atoms with Gasteiger partial charge in [0, 0.05) is 32.4 Å². The van der Waals surface area contributed by atoms with Crippen LogP contribution in [0.2, 0.25) is 0 Å². The summed E-state index contributed by atoms with van der Waals surface area (Å²) in [7, 11) is 1.72. The Balaban J connectivity index is 2.87. The van der Waals surface area contributed by atoms with E-state index in [1.807, 2.05) is 12.1 Å². The van der Waals surface area contributed by atoms with Crippen molar-refractivity contribution in [2.45, 2.75) is 39.3 Å². The molecule has 0 aromatic carbocycles. The van der Waals surface area contributed by atoms with E-state index >= 15 is 0 Å². The molecular weight excluding hydrogens is 268 g/mol. The van der Waals surface area contributed by atoms with Gasteiger partial charge in [0.1, 0.15) is 5.69 Å². The summed E-state index contributed by atoms with van der Waals surface area (Å²) >= 11 is 0. The third-order valence-corrected chi connectivity index (χ3v) is 3.62. The lowest BCUT2D eigenvalue weighted by molar-refractivity contribution is 0.110. The summed E-state index contributed by atoms with van der Waals surface area (Å²) in [5.74, 6) is 0.0304. The van der Waals surface area contributed by atoms with E-state index in [1.165, 1.54) is 0 Å². The Hall–Kier alpha value is -1.66. The molecule has 118 valence electrons. The lowest BCUT2D eigenvalue weighted by Gasteiger charge is -2.30. The molecule has 1 aromatic heterocycles. The van der Waals surface area contributed by atoms with Crippen molar-refractivity contribution in [2.24, 2.45) is 10.9 Å². The van der Waals surface area contributed by atoms with Gasteiger partial charge in [-0.25, -0.2) is 0 Å². The van der Waals surface area contributed by atoms with Crippen molar-refractivity contribution < 1.29 is 9.94 Å². The fraction of sp³-hybridized carbons (Fsp3) is 0.600. The first kappa shape index (κ1) is 17.4. The molecule has 0 amide bonds. The van der Waals surface area contributed by atoms with Crippen molar-refractivity contribution in [3.05, 3.63) is 29.6 Å². The predicted octanol–water partition coefficient (Wildman–Crippen LogP) is 1.81. The van der Waals surface area contributed by atoms with E-state index in [-0.39, 0.29) is 5.84 Å². The number of hydrogen-bond donors (Lipinski definition) is 2. The maximum atomic E-state index is 8.74. The van der Waals surface area contributed by atoms with E-state index in [2.05, 4.69) is 28.9 Å². The van der Waals surface area contributed by atoms with Gasteiger partial charge in [0.15, 0.2) is 5.84 Å². The van der Waals surface area contributed by atoms with Gasteiger partial charge in [-0.2, -0.15) is 0 Å². The Kier molecular flexibility index (Phi) is 7.71. The van der Waals surface area contributed by atoms with Crippen molar-refractivity contribution in [3.63, 3.8) is 0 Å². The van der Waals surface area contributed by atoms with Crippen LogP contribution in [0.3, 0.4) is 0 Å². The van der Waals surface area contributed by atoms with Crippen LogP contribution in [0.25, 0.3) is 0 Å². The predicted molar refractivity (Wildman–Crippen MR) is 83.4 cm³/mol. The average Bonchev–Trinajstić information content (AvgIpc) is 2.53. The number of oxime groups is 1. The lowest BCUT2D eigenvalue weighted by Crippen LogP contribution is -2.36. The van der Waals surface area contributed by atoms with Gasteiger partial charge in [0.2, 0.25) is 0 Å². The molecule has 6 heteroatoms. The van der Waals surface area contributed by atoms with Crippen molar-refractivity contribution in [1.82, 2.24) is 9.88 Å². The van der Waals surface area contributed by atoms with Crippen molar-refractivity contribution in [2.75, 3.05) is 20.3 Å². The number of amidine groups is 1. The number of aromatic nitrogens is 1. The van der Waals surface area contributed by atoms with Crippen LogP contribution in [0, 0.1) is 0 Å². The van der Waals surface area contributed by atoms with Crippen molar-refractivity contribution in [1.29, 1.82) is 0 Å². The van der Waals surface area contributed by atoms with E-state index < -0.39 is 0 Å². The molecule has 0 fully saturated rings. The number of hydrogen-bond acceptors (Lipinski definition) is 5. The number of nitrogens with two attached hydrogens (primary N) is 1. The smallest absolute Gasteiger partial charge is 0.188 e. The summed E-state index contributed by atoms with van der Waals surface area (Å²) in [6, 6.07) is 4.33. The molecule has 0 aliphatic heterocycles. The van der Waals surface area contributed by atoms with E-state index in [0.29, 0.717) is 18.3 Å². The molecule has 0 bridgehead atoms. The highest BCUT2D eigenvalue weighted by Gasteiger charge is 2.15. The average molecular weight is 294 g/mol. The minimum absolute atomic E-state index is 0.0304. The summed E-state index contributed by atoms with van der Waals surface area (Å²) in [6.45, 7) is 6.77. The van der Waals surface area contributed by atoms with Crippen LogP contribution in [0.5, 0.6) is 0 Å². The summed E-state index contributed by atoms with van der Waals surface area (Å²) in [6.07, 6.45) is 3.88. The fourth-order valence-corrected chi connectivity index (χ4v) is 2.40. The van der Waals surface area contributed by atoms with Crippen LogP contribution in [0.1, 0.15) is 37.9 Å². The largest absolute Gasteiger partial charge is 0.409 e. The molecule has 0 aliphatic rings. The molecule has 0 spiro atoms. The molecule has 3 N–H and O–H groups in total. The SMILES string of the molecule is CCC(CC)N(CCOC)Cc1ccnc(C(N)=NO)c1. The first-order chi connectivity index (χ1) is 10.2. The second-order valence-corrected chi connectivity index (χ2v) is 4.97. The highest BCUT2D eigenvalue weighted by Crippen LogP contribution is 2.14. The van der Waals surface area contributed by atoms with Gasteiger partial charge in [-0.05, 0) is 30.5 Å². The maximum absolute atomic E-state index is 8.74. The molecule has 0 unspecified atom stereocenters. The van der Waals surface area contributed by atoms with E-state index in [4.69, 9.17) is 15.7 Å². The van der Waals surface area contributed by atoms with Gasteiger partial charge in [-0.1, -0.05) is 19.0 Å².